The Morgan fingerprint density at radius 3 is 2.05 bits per heavy atom. The highest BCUT2D eigenvalue weighted by atomic mass is 15.0. The van der Waals surface area contributed by atoms with Crippen LogP contribution in [-0.2, 0) is 0 Å². The average Bonchev–Trinajstić information content (AvgIpc) is 3.47. The molecule has 0 saturated carbocycles. The van der Waals surface area contributed by atoms with E-state index in [1.807, 2.05) is 24.4 Å². The number of aromatic nitrogens is 3. The van der Waals surface area contributed by atoms with Crippen molar-refractivity contribution in [2.75, 3.05) is 0 Å². The molecule has 3 heterocycles. The van der Waals surface area contributed by atoms with Gasteiger partial charge in [-0.15, -0.1) is 0 Å². The second-order valence-corrected chi connectivity index (χ2v) is 9.77. The van der Waals surface area contributed by atoms with Gasteiger partial charge in [0.25, 0.3) is 0 Å². The highest BCUT2D eigenvalue weighted by molar-refractivity contribution is 6.09. The largest absolute Gasteiger partial charge is 0.313 e. The van der Waals surface area contributed by atoms with E-state index in [4.69, 9.17) is 4.98 Å². The highest BCUT2D eigenvalue weighted by Gasteiger charge is 2.16. The Hall–Kier alpha value is -5.15. The fourth-order valence-electron chi connectivity index (χ4n) is 5.77. The first-order chi connectivity index (χ1) is 19.2. The van der Waals surface area contributed by atoms with Gasteiger partial charge in [0.2, 0.25) is 0 Å². The Bertz CT molecular complexity index is 2020. The van der Waals surface area contributed by atoms with Crippen LogP contribution in [0.5, 0.6) is 0 Å². The maximum atomic E-state index is 4.79. The molecule has 0 saturated heterocycles. The molecule has 0 unspecified atom stereocenters. The molecular formula is C36H27N3. The second kappa shape index (κ2) is 9.30. The molecule has 3 heteroatoms. The predicted octanol–water partition coefficient (Wildman–Crippen LogP) is 9.16. The summed E-state index contributed by atoms with van der Waals surface area (Å²) < 4.78 is 4.62. The molecule has 4 aromatic carbocycles. The Balaban J connectivity index is 1.44. The molecule has 7 rings (SSSR count). The maximum absolute atomic E-state index is 4.79. The maximum Gasteiger partial charge on any atom is 0.0963 e. The summed E-state index contributed by atoms with van der Waals surface area (Å²) >= 11 is 0. The molecule has 0 fully saturated rings. The van der Waals surface area contributed by atoms with Crippen molar-refractivity contribution in [3.63, 3.8) is 0 Å². The Labute approximate surface area is 227 Å². The lowest BCUT2D eigenvalue weighted by atomic mass is 10.00. The summed E-state index contributed by atoms with van der Waals surface area (Å²) in [6.07, 6.45) is 6.10. The van der Waals surface area contributed by atoms with E-state index < -0.39 is 0 Å². The van der Waals surface area contributed by atoms with Gasteiger partial charge in [-0.2, -0.15) is 0 Å². The van der Waals surface area contributed by atoms with Crippen molar-refractivity contribution in [3.8, 4) is 11.4 Å². The number of allylic oxidation sites excluding steroid dienone is 2. The third-order valence-electron chi connectivity index (χ3n) is 7.56. The van der Waals surface area contributed by atoms with E-state index in [1.165, 1.54) is 22.2 Å². The van der Waals surface area contributed by atoms with Crippen LogP contribution in [0.2, 0.25) is 0 Å². The first-order valence-corrected chi connectivity index (χ1v) is 13.2. The molecule has 0 aliphatic carbocycles. The molecule has 3 aromatic heterocycles. The van der Waals surface area contributed by atoms with E-state index in [1.54, 1.807) is 0 Å². The number of para-hydroxylation sites is 3. The third kappa shape index (κ3) is 3.71. The van der Waals surface area contributed by atoms with Crippen molar-refractivity contribution >= 4 is 44.5 Å². The van der Waals surface area contributed by atoms with Crippen LogP contribution in [0.4, 0.5) is 0 Å². The highest BCUT2D eigenvalue weighted by Crippen LogP contribution is 2.35. The quantitative estimate of drug-likeness (QED) is 0.216. The zero-order chi connectivity index (χ0) is 26.3. The monoisotopic (exact) mass is 501 g/mol. The Kier molecular flexibility index (Phi) is 5.49. The van der Waals surface area contributed by atoms with Crippen molar-refractivity contribution in [2.24, 2.45) is 0 Å². The lowest BCUT2D eigenvalue weighted by molar-refractivity contribution is 1.05. The van der Waals surface area contributed by atoms with Crippen LogP contribution in [0.3, 0.4) is 0 Å². The van der Waals surface area contributed by atoms with Crippen molar-refractivity contribution in [1.82, 2.24) is 14.1 Å². The summed E-state index contributed by atoms with van der Waals surface area (Å²) in [5, 5.41) is 2.35. The van der Waals surface area contributed by atoms with E-state index in [0.717, 1.165) is 44.4 Å². The molecule has 186 valence electrons. The number of rotatable bonds is 5. The van der Waals surface area contributed by atoms with Crippen molar-refractivity contribution < 1.29 is 0 Å². The van der Waals surface area contributed by atoms with Crippen LogP contribution in [-0.4, -0.2) is 14.1 Å². The van der Waals surface area contributed by atoms with Gasteiger partial charge in [0.15, 0.2) is 0 Å². The van der Waals surface area contributed by atoms with E-state index >= 15 is 0 Å². The van der Waals surface area contributed by atoms with Gasteiger partial charge < -0.3 is 9.13 Å². The fraction of sp³-hybridized carbons (Fsp3) is 0.0278. The van der Waals surface area contributed by atoms with E-state index in [-0.39, 0.29) is 0 Å². The SMILES string of the molecule is C=C/C(=C\c1c(C)n(-c2ccccc2)c2ccccc12)c1ccc2c(c1)c1ncccc1n2-c1ccccc1. The first kappa shape index (κ1) is 23.0. The zero-order valence-electron chi connectivity index (χ0n) is 21.8. The van der Waals surface area contributed by atoms with Gasteiger partial charge in [-0.25, -0.2) is 0 Å². The summed E-state index contributed by atoms with van der Waals surface area (Å²) in [4.78, 5) is 4.79. The normalized spacial score (nSPS) is 12.0. The topological polar surface area (TPSA) is 22.8 Å². The van der Waals surface area contributed by atoms with Gasteiger partial charge in [0.05, 0.1) is 22.1 Å². The van der Waals surface area contributed by atoms with E-state index in [9.17, 15) is 0 Å². The molecule has 0 atom stereocenters. The molecule has 3 nitrogen and oxygen atoms in total. The third-order valence-corrected chi connectivity index (χ3v) is 7.56. The number of hydrogen-bond donors (Lipinski definition) is 0. The van der Waals surface area contributed by atoms with Gasteiger partial charge in [-0.3, -0.25) is 4.98 Å². The minimum absolute atomic E-state index is 0.999. The smallest absolute Gasteiger partial charge is 0.0963 e. The predicted molar refractivity (Wildman–Crippen MR) is 165 cm³/mol. The van der Waals surface area contributed by atoms with Crippen LogP contribution in [0.15, 0.2) is 134 Å². The lowest BCUT2D eigenvalue weighted by Crippen LogP contribution is -1.96. The molecule has 0 amide bonds. The molecule has 0 radical (unpaired) electrons. The van der Waals surface area contributed by atoms with Gasteiger partial charge in [0, 0.05) is 39.6 Å². The van der Waals surface area contributed by atoms with Crippen molar-refractivity contribution in [3.05, 3.63) is 151 Å². The van der Waals surface area contributed by atoms with Crippen LogP contribution < -0.4 is 0 Å². The number of fused-ring (bicyclic) bond motifs is 4. The molecule has 0 N–H and O–H groups in total. The lowest BCUT2D eigenvalue weighted by Gasteiger charge is -2.09. The van der Waals surface area contributed by atoms with Gasteiger partial charge in [-0.05, 0) is 78.7 Å². The molecule has 0 aliphatic heterocycles. The van der Waals surface area contributed by atoms with Crippen LogP contribution in [0.25, 0.3) is 55.9 Å². The number of pyridine rings is 1. The first-order valence-electron chi connectivity index (χ1n) is 13.2. The van der Waals surface area contributed by atoms with Crippen LogP contribution in [0.1, 0.15) is 16.8 Å². The average molecular weight is 502 g/mol. The van der Waals surface area contributed by atoms with Gasteiger partial charge in [-0.1, -0.05) is 73.3 Å². The molecular weight excluding hydrogens is 474 g/mol. The molecule has 7 aromatic rings. The fourth-order valence-corrected chi connectivity index (χ4v) is 5.77. The van der Waals surface area contributed by atoms with Crippen molar-refractivity contribution in [1.29, 1.82) is 0 Å². The summed E-state index contributed by atoms with van der Waals surface area (Å²) in [6, 6.07) is 40.4. The Morgan fingerprint density at radius 1 is 0.667 bits per heavy atom. The zero-order valence-corrected chi connectivity index (χ0v) is 21.8. The number of benzene rings is 4. The minimum atomic E-state index is 0.999. The van der Waals surface area contributed by atoms with Crippen molar-refractivity contribution in [2.45, 2.75) is 6.92 Å². The Morgan fingerprint density at radius 2 is 1.31 bits per heavy atom. The summed E-state index contributed by atoms with van der Waals surface area (Å²) in [5.41, 5.74) is 11.3. The molecule has 0 bridgehead atoms. The number of hydrogen-bond acceptors (Lipinski definition) is 1. The van der Waals surface area contributed by atoms with Gasteiger partial charge >= 0.3 is 0 Å². The van der Waals surface area contributed by atoms with Crippen LogP contribution in [0, 0.1) is 6.92 Å². The van der Waals surface area contributed by atoms with E-state index in [0.29, 0.717) is 0 Å². The molecule has 0 spiro atoms. The molecule has 39 heavy (non-hydrogen) atoms. The standard InChI is InChI=1S/C36H27N3/c1-3-26(23-31-25(2)38(28-13-6-4-7-14-28)33-18-11-10-17-30(31)33)27-20-21-34-32(24-27)36-35(19-12-22-37-36)39(34)29-15-8-5-9-16-29/h3-24H,1H2,2H3/b26-23+. The second-order valence-electron chi connectivity index (χ2n) is 9.77. The summed E-state index contributed by atoms with van der Waals surface area (Å²) in [5.74, 6) is 0. The minimum Gasteiger partial charge on any atom is -0.313 e. The molecule has 0 aliphatic rings. The summed E-state index contributed by atoms with van der Waals surface area (Å²) in [6.45, 7) is 6.40. The summed E-state index contributed by atoms with van der Waals surface area (Å²) in [7, 11) is 0. The van der Waals surface area contributed by atoms with E-state index in [2.05, 4.69) is 132 Å². The van der Waals surface area contributed by atoms with Gasteiger partial charge in [0.1, 0.15) is 0 Å². The number of nitrogens with zero attached hydrogens (tertiary/aromatic N) is 3. The van der Waals surface area contributed by atoms with Crippen LogP contribution >= 0.6 is 0 Å².